The van der Waals surface area contributed by atoms with Crippen LogP contribution in [0.2, 0.25) is 0 Å². The maximum Gasteiger partial charge on any atom is 0.258 e. The third-order valence-electron chi connectivity index (χ3n) is 5.57. The first kappa shape index (κ1) is 20.4. The Bertz CT molecular complexity index is 1060. The van der Waals surface area contributed by atoms with E-state index in [1.165, 1.54) is 17.5 Å². The summed E-state index contributed by atoms with van der Waals surface area (Å²) in [5, 5.41) is 0. The van der Waals surface area contributed by atoms with Crippen molar-refractivity contribution in [3.8, 4) is 5.75 Å². The highest BCUT2D eigenvalue weighted by Gasteiger charge is 2.34. The Labute approximate surface area is 179 Å². The topological polar surface area (TPSA) is 66.9 Å². The number of anilines is 1. The third-order valence-corrected chi connectivity index (χ3v) is 7.98. The van der Waals surface area contributed by atoms with Crippen molar-refractivity contribution in [3.63, 3.8) is 0 Å². The van der Waals surface area contributed by atoms with E-state index in [1.807, 2.05) is 25.1 Å². The highest BCUT2D eigenvalue weighted by molar-refractivity contribution is 9.10. The normalized spacial score (nSPS) is 19.4. The van der Waals surface area contributed by atoms with Gasteiger partial charge in [-0.05, 0) is 68.1 Å². The van der Waals surface area contributed by atoms with Gasteiger partial charge < -0.3 is 9.64 Å². The predicted molar refractivity (Wildman–Crippen MR) is 115 cm³/mol. The SMILES string of the molecule is COc1ccc(C(=O)N2c3ccc(Br)cc3CC2C)cc1S(=O)(=O)N1CCCC1. The zero-order valence-corrected chi connectivity index (χ0v) is 18.8. The number of ether oxygens (including phenoxy) is 1. The molecule has 4 rings (SSSR count). The molecule has 0 spiro atoms. The van der Waals surface area contributed by atoms with Crippen LogP contribution in [-0.4, -0.2) is 44.9 Å². The number of amides is 1. The molecule has 6 nitrogen and oxygen atoms in total. The molecule has 0 aliphatic carbocycles. The molecular formula is C21H23BrN2O4S. The second-order valence-electron chi connectivity index (χ2n) is 7.48. The summed E-state index contributed by atoms with van der Waals surface area (Å²) in [5.74, 6) is 0.0475. The second kappa shape index (κ2) is 7.74. The first-order valence-corrected chi connectivity index (χ1v) is 11.9. The molecule has 154 valence electrons. The molecule has 2 aromatic rings. The number of hydrogen-bond donors (Lipinski definition) is 0. The Kier molecular flexibility index (Phi) is 5.44. The minimum absolute atomic E-state index is 0.00691. The second-order valence-corrected chi connectivity index (χ2v) is 10.3. The molecule has 0 aromatic heterocycles. The van der Waals surface area contributed by atoms with Gasteiger partial charge in [-0.15, -0.1) is 0 Å². The quantitative estimate of drug-likeness (QED) is 0.669. The lowest BCUT2D eigenvalue weighted by atomic mass is 10.1. The minimum atomic E-state index is -3.71. The number of halogens is 1. The molecule has 1 atom stereocenters. The Morgan fingerprint density at radius 2 is 1.86 bits per heavy atom. The van der Waals surface area contributed by atoms with Crippen LogP contribution in [0.5, 0.6) is 5.75 Å². The van der Waals surface area contributed by atoms with Crippen molar-refractivity contribution in [2.45, 2.75) is 37.1 Å². The molecule has 1 saturated heterocycles. The zero-order chi connectivity index (χ0) is 20.8. The van der Waals surface area contributed by atoms with Crippen molar-refractivity contribution in [2.75, 3.05) is 25.1 Å². The van der Waals surface area contributed by atoms with Gasteiger partial charge in [0.25, 0.3) is 5.91 Å². The van der Waals surface area contributed by atoms with Crippen LogP contribution < -0.4 is 9.64 Å². The van der Waals surface area contributed by atoms with Crippen LogP contribution in [0.3, 0.4) is 0 Å². The maximum atomic E-state index is 13.4. The average Bonchev–Trinajstić information content (AvgIpc) is 3.34. The molecule has 29 heavy (non-hydrogen) atoms. The summed E-state index contributed by atoms with van der Waals surface area (Å²) in [6.07, 6.45) is 2.45. The highest BCUT2D eigenvalue weighted by atomic mass is 79.9. The van der Waals surface area contributed by atoms with Crippen LogP contribution in [0.25, 0.3) is 0 Å². The Morgan fingerprint density at radius 3 is 2.55 bits per heavy atom. The summed E-state index contributed by atoms with van der Waals surface area (Å²) in [7, 11) is -2.27. The largest absolute Gasteiger partial charge is 0.495 e. The Balaban J connectivity index is 1.74. The summed E-state index contributed by atoms with van der Waals surface area (Å²) in [4.78, 5) is 15.2. The lowest BCUT2D eigenvalue weighted by Gasteiger charge is -2.24. The molecule has 1 fully saturated rings. The number of methoxy groups -OCH3 is 1. The number of hydrogen-bond acceptors (Lipinski definition) is 4. The van der Waals surface area contributed by atoms with Gasteiger partial charge in [-0.1, -0.05) is 15.9 Å². The van der Waals surface area contributed by atoms with Gasteiger partial charge in [0.15, 0.2) is 0 Å². The van der Waals surface area contributed by atoms with Crippen LogP contribution in [0, 0.1) is 0 Å². The zero-order valence-electron chi connectivity index (χ0n) is 16.4. The third kappa shape index (κ3) is 3.58. The highest BCUT2D eigenvalue weighted by Crippen LogP contribution is 2.36. The Hall–Kier alpha value is -1.90. The molecule has 2 heterocycles. The monoisotopic (exact) mass is 478 g/mol. The van der Waals surface area contributed by atoms with Crippen molar-refractivity contribution in [1.29, 1.82) is 0 Å². The number of carbonyl (C=O) groups is 1. The Morgan fingerprint density at radius 1 is 1.14 bits per heavy atom. The lowest BCUT2D eigenvalue weighted by Crippen LogP contribution is -2.36. The van der Waals surface area contributed by atoms with Crippen LogP contribution in [0.15, 0.2) is 45.8 Å². The van der Waals surface area contributed by atoms with E-state index in [-0.39, 0.29) is 22.6 Å². The smallest absolute Gasteiger partial charge is 0.258 e. The number of benzene rings is 2. The first-order valence-electron chi connectivity index (χ1n) is 9.63. The fourth-order valence-electron chi connectivity index (χ4n) is 4.13. The van der Waals surface area contributed by atoms with Gasteiger partial charge in [0.05, 0.1) is 7.11 Å². The fourth-order valence-corrected chi connectivity index (χ4v) is 6.23. The summed E-state index contributed by atoms with van der Waals surface area (Å²) < 4.78 is 34.0. The van der Waals surface area contributed by atoms with Crippen LogP contribution in [0.4, 0.5) is 5.69 Å². The van der Waals surface area contributed by atoms with Crippen molar-refractivity contribution in [3.05, 3.63) is 52.0 Å². The van der Waals surface area contributed by atoms with Crippen LogP contribution in [0.1, 0.15) is 35.7 Å². The predicted octanol–water partition coefficient (Wildman–Crippen LogP) is 3.83. The van der Waals surface area contributed by atoms with E-state index in [1.54, 1.807) is 17.0 Å². The lowest BCUT2D eigenvalue weighted by molar-refractivity contribution is 0.0981. The van der Waals surface area contributed by atoms with Crippen molar-refractivity contribution >= 4 is 37.5 Å². The molecule has 8 heteroatoms. The summed E-state index contributed by atoms with van der Waals surface area (Å²) in [6.45, 7) is 2.99. The van der Waals surface area contributed by atoms with Gasteiger partial charge in [0.1, 0.15) is 10.6 Å². The molecule has 1 unspecified atom stereocenters. The van der Waals surface area contributed by atoms with E-state index in [2.05, 4.69) is 15.9 Å². The molecule has 0 saturated carbocycles. The van der Waals surface area contributed by atoms with Gasteiger partial charge in [-0.25, -0.2) is 8.42 Å². The molecule has 2 aliphatic rings. The summed E-state index contributed by atoms with van der Waals surface area (Å²) in [6, 6.07) is 10.5. The molecule has 2 aromatic carbocycles. The first-order chi connectivity index (χ1) is 13.8. The van der Waals surface area contributed by atoms with Gasteiger partial charge >= 0.3 is 0 Å². The number of nitrogens with zero attached hydrogens (tertiary/aromatic N) is 2. The van der Waals surface area contributed by atoms with Crippen LogP contribution >= 0.6 is 15.9 Å². The van der Waals surface area contributed by atoms with E-state index in [0.717, 1.165) is 35.0 Å². The molecule has 2 aliphatic heterocycles. The summed E-state index contributed by atoms with van der Waals surface area (Å²) in [5.41, 5.74) is 2.30. The fraction of sp³-hybridized carbons (Fsp3) is 0.381. The molecule has 1 amide bonds. The van der Waals surface area contributed by atoms with E-state index in [4.69, 9.17) is 4.74 Å². The molecule has 0 radical (unpaired) electrons. The average molecular weight is 479 g/mol. The van der Waals surface area contributed by atoms with Gasteiger partial charge in [0, 0.05) is 34.9 Å². The standard InChI is InChI=1S/C21H23BrN2O4S/c1-14-11-16-12-17(22)6-7-18(16)24(14)21(25)15-5-8-19(28-2)20(13-15)29(26,27)23-9-3-4-10-23/h5-8,12-14H,3-4,9-11H2,1-2H3. The number of carbonyl (C=O) groups excluding carboxylic acids is 1. The number of sulfonamides is 1. The van der Waals surface area contributed by atoms with Gasteiger partial charge in [-0.2, -0.15) is 4.31 Å². The van der Waals surface area contributed by atoms with Gasteiger partial charge in [-0.3, -0.25) is 4.79 Å². The molecule has 0 bridgehead atoms. The van der Waals surface area contributed by atoms with E-state index < -0.39 is 10.0 Å². The van der Waals surface area contributed by atoms with Crippen molar-refractivity contribution < 1.29 is 17.9 Å². The van der Waals surface area contributed by atoms with Crippen molar-refractivity contribution in [1.82, 2.24) is 4.31 Å². The number of fused-ring (bicyclic) bond motifs is 1. The molecular weight excluding hydrogens is 456 g/mol. The summed E-state index contributed by atoms with van der Waals surface area (Å²) >= 11 is 3.48. The van der Waals surface area contributed by atoms with E-state index >= 15 is 0 Å². The van der Waals surface area contributed by atoms with E-state index in [0.29, 0.717) is 18.7 Å². The molecule has 0 N–H and O–H groups in total. The van der Waals surface area contributed by atoms with Crippen LogP contribution in [-0.2, 0) is 16.4 Å². The van der Waals surface area contributed by atoms with Crippen molar-refractivity contribution in [2.24, 2.45) is 0 Å². The van der Waals surface area contributed by atoms with E-state index in [9.17, 15) is 13.2 Å². The number of rotatable bonds is 4. The maximum absolute atomic E-state index is 13.4. The van der Waals surface area contributed by atoms with Gasteiger partial charge in [0.2, 0.25) is 10.0 Å². The minimum Gasteiger partial charge on any atom is -0.495 e.